The van der Waals surface area contributed by atoms with E-state index in [0.29, 0.717) is 9.03 Å². The van der Waals surface area contributed by atoms with Crippen LogP contribution >= 0.6 is 82.8 Å². The summed E-state index contributed by atoms with van der Waals surface area (Å²) in [4.78, 5) is 0. The average molecular weight is 598 g/mol. The van der Waals surface area contributed by atoms with Gasteiger partial charge < -0.3 is 0 Å². The highest BCUT2D eigenvalue weighted by atomic mass is 127. The van der Waals surface area contributed by atoms with Crippen molar-refractivity contribution in [3.05, 3.63) is 0 Å². The highest BCUT2D eigenvalue weighted by Gasteiger charge is 1.84. The first-order valence-electron chi connectivity index (χ1n) is 1.60. The summed E-state index contributed by atoms with van der Waals surface area (Å²) < 4.78 is 1.90. The van der Waals surface area contributed by atoms with Crippen LogP contribution < -0.4 is 0 Å². The SMILES string of the molecule is I[SiH2][I][SiH2][I][SiH2]I. The zero-order valence-corrected chi connectivity index (χ0v) is 16.5. The van der Waals surface area contributed by atoms with Crippen LogP contribution in [0.2, 0.25) is 0 Å². The van der Waals surface area contributed by atoms with Crippen LogP contribution in [-0.4, -0.2) is 13.5 Å². The Hall–Kier alpha value is 3.57. The van der Waals surface area contributed by atoms with Gasteiger partial charge in [-0.15, -0.1) is 43.6 Å². The summed E-state index contributed by atoms with van der Waals surface area (Å²) in [6.45, 7) is 0. The molecule has 0 rings (SSSR count). The molecule has 0 saturated heterocycles. The Morgan fingerprint density at radius 1 is 1.00 bits per heavy atom. The molecule has 0 aliphatic heterocycles. The predicted octanol–water partition coefficient (Wildman–Crippen LogP) is 0.794. The molecule has 0 aliphatic carbocycles. The highest BCUT2D eigenvalue weighted by molar-refractivity contribution is 14.4. The molecular weight excluding hydrogens is 592 g/mol. The lowest BCUT2D eigenvalue weighted by Crippen LogP contribution is -1.70. The first-order chi connectivity index (χ1) is 3.41. The molecule has 0 spiro atoms. The summed E-state index contributed by atoms with van der Waals surface area (Å²) in [5, 5.41) is 0. The van der Waals surface area contributed by atoms with Crippen LogP contribution in [0.1, 0.15) is 0 Å². The Morgan fingerprint density at radius 2 is 1.43 bits per heavy atom. The highest BCUT2D eigenvalue weighted by Crippen LogP contribution is 2.21. The van der Waals surface area contributed by atoms with E-state index in [1.54, 1.807) is 0 Å². The van der Waals surface area contributed by atoms with Gasteiger partial charge in [-0.25, -0.2) is 0 Å². The van der Waals surface area contributed by atoms with E-state index in [0.717, 1.165) is 43.7 Å². The minimum atomic E-state index is 0.582. The van der Waals surface area contributed by atoms with Gasteiger partial charge in [-0.1, -0.05) is 0 Å². The van der Waals surface area contributed by atoms with E-state index >= 15 is 0 Å². The van der Waals surface area contributed by atoms with E-state index in [2.05, 4.69) is 43.6 Å². The van der Waals surface area contributed by atoms with Crippen molar-refractivity contribution >= 4 is 96.4 Å². The first kappa shape index (κ1) is 10.6. The maximum Gasteiger partial charge on any atom is 0.146 e. The fraction of sp³-hybridized carbons (Fsp3) is 0. The van der Waals surface area contributed by atoms with Crippen LogP contribution in [0.25, 0.3) is 0 Å². The van der Waals surface area contributed by atoms with Crippen LogP contribution in [0.3, 0.4) is 0 Å². The average Bonchev–Trinajstić information content (AvgIpc) is 1.69. The van der Waals surface area contributed by atoms with Crippen molar-refractivity contribution in [2.75, 3.05) is 0 Å². The zero-order valence-electron chi connectivity index (χ0n) is 3.63. The van der Waals surface area contributed by atoms with Gasteiger partial charge >= 0.3 is 0 Å². The molecule has 2 radical (unpaired) electrons. The third-order valence-electron chi connectivity index (χ3n) is 0.286. The molecule has 46 valence electrons. The van der Waals surface area contributed by atoms with Gasteiger partial charge in [-0.2, -0.15) is 39.2 Å². The van der Waals surface area contributed by atoms with Gasteiger partial charge in [0, 0.05) is 0 Å². The zero-order chi connectivity index (χ0) is 5.54. The molecule has 0 aromatic carbocycles. The molecule has 0 bridgehead atoms. The Bertz CT molecular complexity index is 26.1. The Labute approximate surface area is 93.8 Å². The van der Waals surface area contributed by atoms with E-state index < -0.39 is 0 Å². The van der Waals surface area contributed by atoms with Gasteiger partial charge in [0.1, 0.15) is 13.5 Å². The summed E-state index contributed by atoms with van der Waals surface area (Å²) in [7, 11) is 0. The van der Waals surface area contributed by atoms with Crippen LogP contribution in [0, 0.1) is 0 Å². The summed E-state index contributed by atoms with van der Waals surface area (Å²) in [5.74, 6) is 0. The first-order valence-corrected chi connectivity index (χ1v) is 32.3. The second kappa shape index (κ2) is 9.57. The minimum Gasteiger partial charge on any atom is -0.188 e. The van der Waals surface area contributed by atoms with E-state index in [9.17, 15) is 0 Å². The smallest absolute Gasteiger partial charge is 0.146 e. The van der Waals surface area contributed by atoms with E-state index in [4.69, 9.17) is 0 Å². The standard InChI is InChI=1S/H6I4Si3/c1-5-3-7-4-6-2/h5-7H2. The summed E-state index contributed by atoms with van der Waals surface area (Å²) in [6.07, 6.45) is 0. The topological polar surface area (TPSA) is 0 Å². The van der Waals surface area contributed by atoms with Crippen molar-refractivity contribution in [3.8, 4) is 0 Å². The third-order valence-corrected chi connectivity index (χ3v) is 116. The predicted molar refractivity (Wildman–Crippen MR) is 81.7 cm³/mol. The second-order valence-electron chi connectivity index (χ2n) is 0.681. The number of hydrogen-bond acceptors (Lipinski definition) is 0. The summed E-state index contributed by atoms with van der Waals surface area (Å²) >= 11 is 7.29. The molecule has 0 saturated carbocycles. The maximum atomic E-state index is 2.68. The normalized spacial score (nSPS) is 14.6. The summed E-state index contributed by atoms with van der Waals surface area (Å²) in [6, 6.07) is 0. The molecule has 0 N–H and O–H groups in total. The second-order valence-corrected chi connectivity index (χ2v) is 63.7. The molecule has 0 aliphatic rings. The van der Waals surface area contributed by atoms with Crippen LogP contribution in [0.15, 0.2) is 0 Å². The molecule has 0 unspecified atom stereocenters. The van der Waals surface area contributed by atoms with Crippen LogP contribution in [0.4, 0.5) is 0 Å². The lowest BCUT2D eigenvalue weighted by atomic mass is 28.1. The van der Waals surface area contributed by atoms with Gasteiger partial charge in [-0.3, -0.25) is 0 Å². The van der Waals surface area contributed by atoms with E-state index in [1.165, 1.54) is 0 Å². The van der Waals surface area contributed by atoms with Crippen molar-refractivity contribution in [2.45, 2.75) is 0 Å². The quantitative estimate of drug-likeness (QED) is 0.195. The van der Waals surface area contributed by atoms with Crippen molar-refractivity contribution < 1.29 is 0 Å². The Morgan fingerprint density at radius 3 is 1.71 bits per heavy atom. The minimum absolute atomic E-state index is 0.582. The molecule has 0 nitrogen and oxygen atoms in total. The monoisotopic (exact) mass is 598 g/mol. The van der Waals surface area contributed by atoms with Crippen LogP contribution in [-0.2, 0) is 0 Å². The maximum absolute atomic E-state index is 2.68. The molecule has 0 atom stereocenters. The van der Waals surface area contributed by atoms with Crippen molar-refractivity contribution in [2.24, 2.45) is 0 Å². The molecule has 7 heteroatoms. The largest absolute Gasteiger partial charge is 0.188 e. The van der Waals surface area contributed by atoms with E-state index in [-0.39, 0.29) is 0 Å². The van der Waals surface area contributed by atoms with Gasteiger partial charge in [0.05, 0.1) is 0 Å². The van der Waals surface area contributed by atoms with Crippen molar-refractivity contribution in [1.29, 1.82) is 0 Å². The number of halogens is 4. The molecule has 0 heterocycles. The number of hydrogen-bond donors (Lipinski definition) is 0. The number of rotatable bonds is 4. The lowest BCUT2D eigenvalue weighted by molar-refractivity contribution is 5.36. The molecule has 7 heavy (non-hydrogen) atoms. The Balaban J connectivity index is 2.45. The Kier molecular flexibility index (Phi) is 14.5. The molecule has 0 fully saturated rings. The van der Waals surface area contributed by atoms with Crippen molar-refractivity contribution in [3.63, 3.8) is 0 Å². The van der Waals surface area contributed by atoms with Gasteiger partial charge in [0.15, 0.2) is 0 Å². The summed E-state index contributed by atoms with van der Waals surface area (Å²) in [5.41, 5.74) is 0. The molecular formula is H6I4Si3. The molecule has 0 aromatic heterocycles. The van der Waals surface area contributed by atoms with Gasteiger partial charge in [-0.05, 0) is 0 Å². The van der Waals surface area contributed by atoms with Crippen molar-refractivity contribution in [1.82, 2.24) is 0 Å². The van der Waals surface area contributed by atoms with Gasteiger partial charge in [0.25, 0.3) is 0 Å². The van der Waals surface area contributed by atoms with Gasteiger partial charge in [0.2, 0.25) is 0 Å². The fourth-order valence-electron chi connectivity index (χ4n) is 0.105. The fourth-order valence-corrected chi connectivity index (χ4v) is 208. The lowest BCUT2D eigenvalue weighted by Gasteiger charge is -1.87. The molecule has 0 amide bonds. The molecule has 0 aromatic rings. The van der Waals surface area contributed by atoms with E-state index in [1.807, 2.05) is 0 Å². The van der Waals surface area contributed by atoms with Crippen LogP contribution in [0.5, 0.6) is 0 Å². The third kappa shape index (κ3) is 9.57.